The third-order valence-electron chi connectivity index (χ3n) is 3.95. The molecular formula is C14H16CaN8O4. The molecule has 0 atom stereocenters. The molecule has 12 nitrogen and oxygen atoms in total. The smallest absolute Gasteiger partial charge is 0.328 e. The van der Waals surface area contributed by atoms with Gasteiger partial charge in [0.1, 0.15) is 0 Å². The molecule has 4 aromatic heterocycles. The summed E-state index contributed by atoms with van der Waals surface area (Å²) >= 11 is 0. The molecule has 0 amide bonds. The predicted octanol–water partition coefficient (Wildman–Crippen LogP) is -2.46. The molecule has 0 aromatic carbocycles. The van der Waals surface area contributed by atoms with Gasteiger partial charge in [-0.3, -0.25) is 28.7 Å². The molecule has 2 N–H and O–H groups in total. The van der Waals surface area contributed by atoms with Crippen LogP contribution in [0, 0.1) is 0 Å². The Morgan fingerprint density at radius 3 is 1.37 bits per heavy atom. The fraction of sp³-hybridized carbons (Fsp3) is 0.286. The monoisotopic (exact) mass is 400 g/mol. The van der Waals surface area contributed by atoms with E-state index < -0.39 is 22.5 Å². The van der Waals surface area contributed by atoms with Gasteiger partial charge >= 0.3 is 11.4 Å². The molecule has 4 heterocycles. The molecule has 4 rings (SSSR count). The zero-order valence-corrected chi connectivity index (χ0v) is 17.4. The van der Waals surface area contributed by atoms with Gasteiger partial charge in [0.2, 0.25) is 0 Å². The molecule has 0 aliphatic heterocycles. The summed E-state index contributed by atoms with van der Waals surface area (Å²) in [6, 6.07) is 0. The van der Waals surface area contributed by atoms with E-state index in [9.17, 15) is 19.2 Å². The zero-order chi connectivity index (χ0) is 19.2. The average Bonchev–Trinajstić information content (AvgIpc) is 3.15. The quantitative estimate of drug-likeness (QED) is 0.313. The van der Waals surface area contributed by atoms with Crippen LogP contribution in [0.25, 0.3) is 22.3 Å². The average molecular weight is 400 g/mol. The summed E-state index contributed by atoms with van der Waals surface area (Å²) in [5.74, 6) is 0. The number of nitrogens with one attached hydrogen (secondary N) is 2. The SMILES string of the molecule is Cn1cnc2c1c(=O)[nH]c(=O)n2C.Cn1cnc2c1c(=O)[nH]c(=O)n2C.[Ca]. The van der Waals surface area contributed by atoms with Crippen molar-refractivity contribution in [2.45, 2.75) is 0 Å². The molecule has 4 aromatic rings. The number of aromatic nitrogens is 8. The fourth-order valence-electron chi connectivity index (χ4n) is 2.52. The van der Waals surface area contributed by atoms with Gasteiger partial charge in [0, 0.05) is 65.9 Å². The molecule has 138 valence electrons. The molecule has 0 aliphatic carbocycles. The largest absolute Gasteiger partial charge is 0.329 e. The van der Waals surface area contributed by atoms with Gasteiger partial charge in [-0.05, 0) is 0 Å². The minimum Gasteiger partial charge on any atom is -0.328 e. The minimum atomic E-state index is -0.448. The number of rotatable bonds is 0. The van der Waals surface area contributed by atoms with Crippen molar-refractivity contribution in [3.63, 3.8) is 0 Å². The van der Waals surface area contributed by atoms with E-state index in [1.165, 1.54) is 21.8 Å². The van der Waals surface area contributed by atoms with Crippen molar-refractivity contribution in [1.29, 1.82) is 0 Å². The van der Waals surface area contributed by atoms with Crippen LogP contribution in [-0.4, -0.2) is 75.9 Å². The molecule has 13 heteroatoms. The summed E-state index contributed by atoms with van der Waals surface area (Å²) < 4.78 is 5.76. The number of aromatic amines is 2. The number of aryl methyl sites for hydroxylation is 4. The van der Waals surface area contributed by atoms with E-state index in [-0.39, 0.29) is 37.7 Å². The Bertz CT molecular complexity index is 1260. The second kappa shape index (κ2) is 7.66. The van der Waals surface area contributed by atoms with Crippen LogP contribution in [0.15, 0.2) is 31.8 Å². The Morgan fingerprint density at radius 2 is 1.04 bits per heavy atom. The molecule has 0 spiro atoms. The summed E-state index contributed by atoms with van der Waals surface area (Å²) in [6.45, 7) is 0. The molecular weight excluding hydrogens is 384 g/mol. The number of fused-ring (bicyclic) bond motifs is 2. The molecule has 0 saturated carbocycles. The van der Waals surface area contributed by atoms with Crippen LogP contribution in [0.4, 0.5) is 0 Å². The van der Waals surface area contributed by atoms with E-state index in [1.54, 1.807) is 37.3 Å². The third-order valence-corrected chi connectivity index (χ3v) is 3.95. The normalized spacial score (nSPS) is 10.5. The van der Waals surface area contributed by atoms with Gasteiger partial charge in [-0.1, -0.05) is 0 Å². The van der Waals surface area contributed by atoms with E-state index in [2.05, 4.69) is 19.9 Å². The van der Waals surface area contributed by atoms with Gasteiger partial charge in [-0.2, -0.15) is 0 Å². The van der Waals surface area contributed by atoms with Gasteiger partial charge < -0.3 is 9.13 Å². The van der Waals surface area contributed by atoms with Crippen molar-refractivity contribution in [1.82, 2.24) is 38.2 Å². The molecule has 0 fully saturated rings. The number of nitrogens with zero attached hydrogens (tertiary/aromatic N) is 6. The Kier molecular flexibility index (Phi) is 5.92. The Morgan fingerprint density at radius 1 is 0.704 bits per heavy atom. The topological polar surface area (TPSA) is 145 Å². The van der Waals surface area contributed by atoms with Gasteiger partial charge in [0.15, 0.2) is 22.3 Å². The maximum Gasteiger partial charge on any atom is 0.329 e. The summed E-state index contributed by atoms with van der Waals surface area (Å²) in [7, 11) is 6.53. The Labute approximate surface area is 180 Å². The number of imidazole rings is 2. The van der Waals surface area contributed by atoms with Crippen molar-refractivity contribution < 1.29 is 0 Å². The van der Waals surface area contributed by atoms with E-state index in [0.29, 0.717) is 22.3 Å². The number of hydrogen-bond donors (Lipinski definition) is 2. The second-order valence-electron chi connectivity index (χ2n) is 5.69. The first kappa shape index (κ1) is 20.9. The number of H-pyrrole nitrogens is 2. The van der Waals surface area contributed by atoms with Gasteiger partial charge in [-0.15, -0.1) is 0 Å². The van der Waals surface area contributed by atoms with Gasteiger partial charge in [-0.25, -0.2) is 19.6 Å². The first-order valence-electron chi connectivity index (χ1n) is 7.43. The molecule has 0 aliphatic rings. The molecule has 0 unspecified atom stereocenters. The summed E-state index contributed by atoms with van der Waals surface area (Å²) in [6.07, 6.45) is 3.00. The second-order valence-corrected chi connectivity index (χ2v) is 5.69. The van der Waals surface area contributed by atoms with Crippen molar-refractivity contribution in [2.75, 3.05) is 0 Å². The number of hydrogen-bond acceptors (Lipinski definition) is 6. The Balaban J connectivity index is 0.000000187. The first-order chi connectivity index (χ1) is 12.2. The van der Waals surface area contributed by atoms with Crippen LogP contribution in [0.1, 0.15) is 0 Å². The van der Waals surface area contributed by atoms with Crippen molar-refractivity contribution in [3.05, 3.63) is 54.3 Å². The maximum atomic E-state index is 11.3. The summed E-state index contributed by atoms with van der Waals surface area (Å²) in [5.41, 5.74) is -0.0969. The predicted molar refractivity (Wildman–Crippen MR) is 98.9 cm³/mol. The van der Waals surface area contributed by atoms with Crippen molar-refractivity contribution >= 4 is 60.1 Å². The van der Waals surface area contributed by atoms with E-state index in [4.69, 9.17) is 0 Å². The maximum absolute atomic E-state index is 11.3. The standard InChI is InChI=1S/2C7H8N4O2.Ca/c2*1-10-3-8-5-4(10)6(12)9-7(13)11(5)2;/h2*3H,1-2H3,(H,9,12,13);. The molecule has 0 bridgehead atoms. The van der Waals surface area contributed by atoms with E-state index in [1.807, 2.05) is 0 Å². The van der Waals surface area contributed by atoms with Crippen molar-refractivity contribution in [3.8, 4) is 0 Å². The third kappa shape index (κ3) is 3.55. The van der Waals surface area contributed by atoms with Gasteiger partial charge in [0.05, 0.1) is 12.7 Å². The summed E-state index contributed by atoms with van der Waals surface area (Å²) in [4.78, 5) is 57.1. The fourth-order valence-corrected chi connectivity index (χ4v) is 2.52. The van der Waals surface area contributed by atoms with Crippen LogP contribution >= 0.6 is 0 Å². The van der Waals surface area contributed by atoms with Crippen molar-refractivity contribution in [2.24, 2.45) is 28.2 Å². The molecule has 0 saturated heterocycles. The first-order valence-corrected chi connectivity index (χ1v) is 7.43. The Hall–Kier alpha value is -2.44. The molecule has 27 heavy (non-hydrogen) atoms. The van der Waals surface area contributed by atoms with Crippen LogP contribution < -0.4 is 22.5 Å². The summed E-state index contributed by atoms with van der Waals surface area (Å²) in [5, 5.41) is 0. The van der Waals surface area contributed by atoms with Gasteiger partial charge in [0.25, 0.3) is 11.1 Å². The van der Waals surface area contributed by atoms with E-state index >= 15 is 0 Å². The zero-order valence-electron chi connectivity index (χ0n) is 15.2. The molecule has 2 radical (unpaired) electrons. The van der Waals surface area contributed by atoms with Crippen LogP contribution in [-0.2, 0) is 28.2 Å². The van der Waals surface area contributed by atoms with Crippen LogP contribution in [0.5, 0.6) is 0 Å². The minimum absolute atomic E-state index is 0. The van der Waals surface area contributed by atoms with E-state index in [0.717, 1.165) is 0 Å². The van der Waals surface area contributed by atoms with Crippen LogP contribution in [0.3, 0.4) is 0 Å². The van der Waals surface area contributed by atoms with Crippen LogP contribution in [0.2, 0.25) is 0 Å².